The van der Waals surface area contributed by atoms with E-state index in [9.17, 15) is 36.0 Å². The number of hydrogen-bond donors (Lipinski definition) is 6. The third-order valence-electron chi connectivity index (χ3n) is 8.85. The SMILES string of the molecule is CNc1ccc(C2=NN(c3ccc(NC(=O)NS(=O)(=O)c4ccc(Cl)s4)nn3)C(=O)C2)cc1.CNc1ccc(C2=NN(c3cnc(NC(=O)NS(=O)(=O)c4ccc(Cl)s4)cn3)C(=O)C2)cc1. The van der Waals surface area contributed by atoms with Crippen molar-refractivity contribution >= 4 is 136 Å². The van der Waals surface area contributed by atoms with Crippen LogP contribution in [0.15, 0.2) is 116 Å². The summed E-state index contributed by atoms with van der Waals surface area (Å²) in [5.41, 5.74) is 4.66. The molecular weight excluding hydrogens is 980 g/mol. The number of thiophene rings is 2. The van der Waals surface area contributed by atoms with Gasteiger partial charge in [0.25, 0.3) is 31.9 Å². The summed E-state index contributed by atoms with van der Waals surface area (Å²) in [5.74, 6) is -0.280. The molecule has 8 rings (SSSR count). The summed E-state index contributed by atoms with van der Waals surface area (Å²) in [6.45, 7) is 0. The largest absolute Gasteiger partial charge is 0.388 e. The molecule has 0 atom stereocenters. The van der Waals surface area contributed by atoms with E-state index in [1.165, 1.54) is 48.8 Å². The molecule has 6 aromatic rings. The van der Waals surface area contributed by atoms with Gasteiger partial charge >= 0.3 is 12.1 Å². The number of carbonyl (C=O) groups is 4. The number of urea groups is 2. The van der Waals surface area contributed by atoms with Crippen molar-refractivity contribution in [3.05, 3.63) is 117 Å². The van der Waals surface area contributed by atoms with Crippen LogP contribution in [-0.4, -0.2) is 86.4 Å². The molecule has 22 nitrogen and oxygen atoms in total. The molecule has 0 aliphatic carbocycles. The first-order valence-corrected chi connectivity index (χ1v) is 24.1. The summed E-state index contributed by atoms with van der Waals surface area (Å²) in [7, 11) is -4.53. The van der Waals surface area contributed by atoms with Gasteiger partial charge in [0.05, 0.1) is 45.3 Å². The third kappa shape index (κ3) is 11.4. The minimum atomic E-state index is -4.08. The highest BCUT2D eigenvalue weighted by molar-refractivity contribution is 7.92. The molecule has 0 radical (unpaired) electrons. The third-order valence-corrected chi connectivity index (χ3v) is 15.0. The monoisotopic (exact) mass is 1010 g/mol. The Hall–Kier alpha value is -7.10. The Bertz CT molecular complexity index is 2890. The zero-order chi connectivity index (χ0) is 47.2. The minimum absolute atomic E-state index is 0.0193. The molecule has 0 bridgehead atoms. The Morgan fingerprint density at radius 2 is 1.05 bits per heavy atom. The van der Waals surface area contributed by atoms with Crippen molar-refractivity contribution in [3.8, 4) is 0 Å². The summed E-state index contributed by atoms with van der Waals surface area (Å²) in [4.78, 5) is 57.0. The fourth-order valence-electron chi connectivity index (χ4n) is 5.71. The van der Waals surface area contributed by atoms with E-state index in [2.05, 4.69) is 51.6 Å². The van der Waals surface area contributed by atoms with Gasteiger partial charge in [-0.2, -0.15) is 20.2 Å². The van der Waals surface area contributed by atoms with Gasteiger partial charge in [0.1, 0.15) is 8.42 Å². The van der Waals surface area contributed by atoms with Gasteiger partial charge in [-0.15, -0.1) is 32.9 Å². The first-order chi connectivity index (χ1) is 31.5. The number of nitrogens with zero attached hydrogens (tertiary/aromatic N) is 8. The lowest BCUT2D eigenvalue weighted by Gasteiger charge is -2.11. The normalized spacial score (nSPS) is 13.6. The Morgan fingerprint density at radius 3 is 1.44 bits per heavy atom. The molecule has 6 amide bonds. The van der Waals surface area contributed by atoms with Crippen LogP contribution in [0.3, 0.4) is 0 Å². The number of halogens is 2. The van der Waals surface area contributed by atoms with Gasteiger partial charge in [-0.1, -0.05) is 47.5 Å². The van der Waals surface area contributed by atoms with Crippen molar-refractivity contribution in [2.45, 2.75) is 21.3 Å². The second kappa shape index (κ2) is 20.0. The van der Waals surface area contributed by atoms with Crippen LogP contribution in [0.2, 0.25) is 8.67 Å². The van der Waals surface area contributed by atoms with Gasteiger partial charge in [-0.05, 0) is 71.8 Å². The molecule has 28 heteroatoms. The first-order valence-electron chi connectivity index (χ1n) is 18.7. The van der Waals surface area contributed by atoms with Crippen LogP contribution in [0.5, 0.6) is 0 Å². The number of benzene rings is 2. The lowest BCUT2D eigenvalue weighted by Crippen LogP contribution is -2.34. The second-order valence-corrected chi connectivity index (χ2v) is 20.5. The van der Waals surface area contributed by atoms with Crippen molar-refractivity contribution in [1.29, 1.82) is 0 Å². The number of nitrogens with one attached hydrogen (secondary N) is 6. The molecule has 0 unspecified atom stereocenters. The van der Waals surface area contributed by atoms with E-state index in [1.54, 1.807) is 0 Å². The fourth-order valence-corrected chi connectivity index (χ4v) is 10.5. The summed E-state index contributed by atoms with van der Waals surface area (Å²) in [6, 6.07) is 21.1. The van der Waals surface area contributed by atoms with Crippen LogP contribution < -0.4 is 40.7 Å². The van der Waals surface area contributed by atoms with Crippen LogP contribution in [0.4, 0.5) is 44.2 Å². The maximum absolute atomic E-state index is 12.4. The van der Waals surface area contributed by atoms with E-state index >= 15 is 0 Å². The van der Waals surface area contributed by atoms with Gasteiger partial charge < -0.3 is 10.6 Å². The van der Waals surface area contributed by atoms with Crippen molar-refractivity contribution in [2.75, 3.05) is 45.4 Å². The average Bonchev–Trinajstić information content (AvgIpc) is 4.12. The molecule has 6 heterocycles. The molecular formula is C38H32Cl2N14O8S4. The molecule has 340 valence electrons. The molecule has 0 saturated carbocycles. The van der Waals surface area contributed by atoms with Crippen LogP contribution in [0, 0.1) is 0 Å². The summed E-state index contributed by atoms with van der Waals surface area (Å²) in [6.07, 6.45) is 2.64. The predicted octanol–water partition coefficient (Wildman–Crippen LogP) is 5.77. The average molecular weight is 1010 g/mol. The summed E-state index contributed by atoms with van der Waals surface area (Å²) < 4.78 is 52.8. The molecule has 2 aromatic carbocycles. The van der Waals surface area contributed by atoms with Gasteiger partial charge in [0.15, 0.2) is 23.3 Å². The van der Waals surface area contributed by atoms with Gasteiger partial charge in [-0.25, -0.2) is 45.8 Å². The molecule has 2 aliphatic heterocycles. The number of sulfonamides is 2. The zero-order valence-electron chi connectivity index (χ0n) is 33.9. The molecule has 4 aromatic heterocycles. The van der Waals surface area contributed by atoms with Gasteiger partial charge in [0, 0.05) is 25.5 Å². The van der Waals surface area contributed by atoms with E-state index in [-0.39, 0.29) is 65.0 Å². The number of hydrogen-bond acceptors (Lipinski definition) is 18. The molecule has 66 heavy (non-hydrogen) atoms. The Morgan fingerprint density at radius 1 is 0.576 bits per heavy atom. The Balaban J connectivity index is 0.000000196. The van der Waals surface area contributed by atoms with Gasteiger partial charge in [-0.3, -0.25) is 20.2 Å². The zero-order valence-corrected chi connectivity index (χ0v) is 38.7. The quantitative estimate of drug-likeness (QED) is 0.0849. The van der Waals surface area contributed by atoms with Crippen LogP contribution >= 0.6 is 45.9 Å². The number of anilines is 6. The number of amides is 6. The molecule has 2 aliphatic rings. The van der Waals surface area contributed by atoms with Crippen LogP contribution in [0.25, 0.3) is 0 Å². The van der Waals surface area contributed by atoms with Crippen molar-refractivity contribution < 1.29 is 36.0 Å². The highest BCUT2D eigenvalue weighted by atomic mass is 35.5. The van der Waals surface area contributed by atoms with Crippen LogP contribution in [-0.2, 0) is 29.6 Å². The fraction of sp³-hybridized carbons (Fsp3) is 0.105. The van der Waals surface area contributed by atoms with Crippen LogP contribution in [0.1, 0.15) is 24.0 Å². The molecule has 6 N–H and O–H groups in total. The van der Waals surface area contributed by atoms with Gasteiger partial charge in [0.2, 0.25) is 0 Å². The Labute approximate surface area is 393 Å². The summed E-state index contributed by atoms with van der Waals surface area (Å²) >= 11 is 13.1. The lowest BCUT2D eigenvalue weighted by atomic mass is 10.1. The number of aromatic nitrogens is 4. The summed E-state index contributed by atoms with van der Waals surface area (Å²) in [5, 5.41) is 29.2. The Kier molecular flexibility index (Phi) is 14.2. The smallest absolute Gasteiger partial charge is 0.334 e. The van der Waals surface area contributed by atoms with Crippen molar-refractivity contribution in [3.63, 3.8) is 0 Å². The van der Waals surface area contributed by atoms with E-state index in [4.69, 9.17) is 23.2 Å². The van der Waals surface area contributed by atoms with Crippen molar-refractivity contribution in [1.82, 2.24) is 29.6 Å². The highest BCUT2D eigenvalue weighted by Crippen LogP contribution is 2.28. The molecule has 0 spiro atoms. The number of carbonyl (C=O) groups excluding carboxylic acids is 4. The van der Waals surface area contributed by atoms with E-state index in [0.717, 1.165) is 55.2 Å². The van der Waals surface area contributed by atoms with E-state index in [0.29, 0.717) is 11.4 Å². The maximum atomic E-state index is 12.4. The predicted molar refractivity (Wildman–Crippen MR) is 251 cm³/mol. The maximum Gasteiger partial charge on any atom is 0.334 e. The van der Waals surface area contributed by atoms with E-state index < -0.39 is 32.1 Å². The van der Waals surface area contributed by atoms with E-state index in [1.807, 2.05) is 72.1 Å². The first kappa shape index (κ1) is 46.9. The lowest BCUT2D eigenvalue weighted by molar-refractivity contribution is -0.117. The molecule has 0 saturated heterocycles. The highest BCUT2D eigenvalue weighted by Gasteiger charge is 2.29. The molecule has 0 fully saturated rings. The topological polar surface area (TPSA) is 291 Å². The van der Waals surface area contributed by atoms with Crippen molar-refractivity contribution in [2.24, 2.45) is 10.2 Å². The number of rotatable bonds is 12. The standard InChI is InChI=1S/2C19H16ClN7O4S2/c1-21-12-4-2-11(3-5-12)13-10-17(28)27(25-13)16-8-7-15(23-24-16)22-19(29)26-33(30,31)18-9-6-14(20)32-18;1-21-12-4-2-11(3-5-12)13-8-17(28)27(25-13)16-10-22-15(9-23-16)24-19(29)26-33(30,31)18-7-6-14(20)32-18/h2-9,21H,10H2,1H3,(H2,22,23,26,29);2-7,9-10,21H,8H2,1H3,(H2,22,24,26,29). The number of hydrazone groups is 2. The second-order valence-electron chi connectivity index (χ2n) is 13.3. The minimum Gasteiger partial charge on any atom is -0.388 e.